The van der Waals surface area contributed by atoms with Gasteiger partial charge in [0.25, 0.3) is 0 Å². The van der Waals surface area contributed by atoms with Gasteiger partial charge < -0.3 is 14.8 Å². The molecule has 2 aliphatic rings. The largest absolute Gasteiger partial charge is 0.462 e. The van der Waals surface area contributed by atoms with Crippen molar-refractivity contribution in [3.05, 3.63) is 59.9 Å². The van der Waals surface area contributed by atoms with Gasteiger partial charge in [-0.15, -0.1) is 24.8 Å². The van der Waals surface area contributed by atoms with Gasteiger partial charge in [0, 0.05) is 48.8 Å². The normalized spacial score (nSPS) is 17.2. The van der Waals surface area contributed by atoms with Crippen LogP contribution in [0.2, 0.25) is 0 Å². The number of piperidine rings is 1. The first-order valence-electron chi connectivity index (χ1n) is 9.25. The van der Waals surface area contributed by atoms with Gasteiger partial charge in [0.15, 0.2) is 0 Å². The van der Waals surface area contributed by atoms with E-state index in [1.807, 2.05) is 13.1 Å². The van der Waals surface area contributed by atoms with Gasteiger partial charge in [0.1, 0.15) is 5.75 Å². The molecule has 1 aromatic heterocycles. The molecule has 148 valence electrons. The number of nitrogens with one attached hydrogen (secondary N) is 1. The van der Waals surface area contributed by atoms with Crippen molar-refractivity contribution in [2.45, 2.75) is 32.2 Å². The van der Waals surface area contributed by atoms with Gasteiger partial charge in [-0.1, -0.05) is 18.2 Å². The first-order chi connectivity index (χ1) is 12.7. The predicted octanol–water partition coefficient (Wildman–Crippen LogP) is 5.04. The van der Waals surface area contributed by atoms with Crippen LogP contribution in [0.4, 0.5) is 0 Å². The molecule has 1 spiro atoms. The molecular weight excluding hydrogens is 395 g/mol. The molecule has 0 aliphatic carbocycles. The Labute approximate surface area is 177 Å². The van der Waals surface area contributed by atoms with Gasteiger partial charge in [-0.05, 0) is 47.7 Å². The minimum atomic E-state index is -0.437. The lowest BCUT2D eigenvalue weighted by molar-refractivity contribution is -0.218. The molecule has 1 fully saturated rings. The van der Waals surface area contributed by atoms with E-state index in [1.54, 1.807) is 0 Å². The number of hydrogen-bond donors (Lipinski definition) is 1. The number of halogens is 2. The Balaban J connectivity index is 0.00000112. The number of ether oxygens (including phenoxy) is 2. The second-order valence-corrected chi connectivity index (χ2v) is 7.21. The van der Waals surface area contributed by atoms with Gasteiger partial charge in [0.2, 0.25) is 5.79 Å². The van der Waals surface area contributed by atoms with Crippen LogP contribution in [0.5, 0.6) is 5.75 Å². The van der Waals surface area contributed by atoms with Gasteiger partial charge in [-0.3, -0.25) is 4.98 Å². The predicted molar refractivity (Wildman–Crippen MR) is 117 cm³/mol. The van der Waals surface area contributed by atoms with Crippen molar-refractivity contribution in [2.24, 2.45) is 0 Å². The first kappa shape index (κ1) is 20.9. The molecule has 0 bridgehead atoms. The van der Waals surface area contributed by atoms with E-state index >= 15 is 0 Å². The van der Waals surface area contributed by atoms with Crippen LogP contribution in [0.1, 0.15) is 24.1 Å². The minimum absolute atomic E-state index is 0. The molecule has 3 aromatic rings. The summed E-state index contributed by atoms with van der Waals surface area (Å²) in [5, 5.41) is 5.78. The van der Waals surface area contributed by atoms with Crippen LogP contribution < -0.4 is 10.1 Å². The summed E-state index contributed by atoms with van der Waals surface area (Å²) in [5.74, 6) is 0.524. The van der Waals surface area contributed by atoms with Gasteiger partial charge in [-0.25, -0.2) is 0 Å². The summed E-state index contributed by atoms with van der Waals surface area (Å²) in [5.41, 5.74) is 4.58. The number of nitrogens with zero attached hydrogens (tertiary/aromatic N) is 1. The highest BCUT2D eigenvalue weighted by molar-refractivity contribution is 5.88. The Morgan fingerprint density at radius 1 is 0.964 bits per heavy atom. The third kappa shape index (κ3) is 3.70. The van der Waals surface area contributed by atoms with Crippen LogP contribution in [0.3, 0.4) is 0 Å². The summed E-state index contributed by atoms with van der Waals surface area (Å²) < 4.78 is 12.4. The molecule has 0 radical (unpaired) electrons. The monoisotopic (exact) mass is 418 g/mol. The maximum atomic E-state index is 6.27. The van der Waals surface area contributed by atoms with Crippen molar-refractivity contribution in [1.82, 2.24) is 10.3 Å². The van der Waals surface area contributed by atoms with Crippen molar-refractivity contribution in [3.8, 4) is 16.9 Å². The summed E-state index contributed by atoms with van der Waals surface area (Å²) in [6, 6.07) is 15.1. The lowest BCUT2D eigenvalue weighted by Crippen LogP contribution is -2.49. The van der Waals surface area contributed by atoms with E-state index in [2.05, 4.69) is 52.8 Å². The maximum Gasteiger partial charge on any atom is 0.213 e. The number of rotatable bonds is 1. The summed E-state index contributed by atoms with van der Waals surface area (Å²) in [6.45, 7) is 4.55. The molecule has 0 atom stereocenters. The summed E-state index contributed by atoms with van der Waals surface area (Å²) >= 11 is 0. The number of benzene rings is 2. The Kier molecular flexibility index (Phi) is 6.15. The Morgan fingerprint density at radius 3 is 2.54 bits per heavy atom. The maximum absolute atomic E-state index is 6.27. The molecule has 2 aromatic carbocycles. The summed E-state index contributed by atoms with van der Waals surface area (Å²) in [4.78, 5) is 4.37. The van der Waals surface area contributed by atoms with Crippen LogP contribution in [-0.4, -0.2) is 23.9 Å². The standard InChI is InChI=1S/C22H22N2O2.2ClH/c1-15-20-4-2-16(12-18(20)6-9-24-15)17-3-5-21-19(13-17)14-25-22(26-21)7-10-23-11-8-22;;/h2-6,9,12-13,23H,7-8,10-11,14H2,1H3;2*1H. The van der Waals surface area contributed by atoms with Crippen LogP contribution in [-0.2, 0) is 11.3 Å². The van der Waals surface area contributed by atoms with E-state index in [9.17, 15) is 0 Å². The fourth-order valence-electron chi connectivity index (χ4n) is 3.97. The average Bonchev–Trinajstić information content (AvgIpc) is 2.68. The number of hydrogen-bond acceptors (Lipinski definition) is 4. The molecule has 28 heavy (non-hydrogen) atoms. The molecule has 2 aliphatic heterocycles. The lowest BCUT2D eigenvalue weighted by Gasteiger charge is -2.41. The molecule has 5 rings (SSSR count). The zero-order valence-electron chi connectivity index (χ0n) is 15.7. The van der Waals surface area contributed by atoms with Crippen LogP contribution in [0.15, 0.2) is 48.7 Å². The summed E-state index contributed by atoms with van der Waals surface area (Å²) in [7, 11) is 0. The van der Waals surface area contributed by atoms with Crippen LogP contribution in [0.25, 0.3) is 21.9 Å². The number of pyridine rings is 1. The fraction of sp³-hybridized carbons (Fsp3) is 0.318. The third-order valence-corrected chi connectivity index (χ3v) is 5.51. The van der Waals surface area contributed by atoms with Gasteiger partial charge in [0.05, 0.1) is 6.61 Å². The van der Waals surface area contributed by atoms with E-state index in [0.717, 1.165) is 42.9 Å². The zero-order valence-corrected chi connectivity index (χ0v) is 17.4. The lowest BCUT2D eigenvalue weighted by atomic mass is 9.98. The molecule has 4 nitrogen and oxygen atoms in total. The number of aryl methyl sites for hydroxylation is 1. The minimum Gasteiger partial charge on any atom is -0.462 e. The quantitative estimate of drug-likeness (QED) is 0.600. The highest BCUT2D eigenvalue weighted by Gasteiger charge is 2.38. The van der Waals surface area contributed by atoms with Crippen molar-refractivity contribution < 1.29 is 9.47 Å². The van der Waals surface area contributed by atoms with Gasteiger partial charge >= 0.3 is 0 Å². The topological polar surface area (TPSA) is 43.4 Å². The smallest absolute Gasteiger partial charge is 0.213 e. The van der Waals surface area contributed by atoms with Crippen LogP contribution >= 0.6 is 24.8 Å². The molecular formula is C22H24Cl2N2O2. The number of aromatic nitrogens is 1. The highest BCUT2D eigenvalue weighted by atomic mass is 35.5. The second-order valence-electron chi connectivity index (χ2n) is 7.21. The molecule has 1 saturated heterocycles. The zero-order chi connectivity index (χ0) is 17.6. The highest BCUT2D eigenvalue weighted by Crippen LogP contribution is 2.38. The average molecular weight is 419 g/mol. The van der Waals surface area contributed by atoms with Crippen molar-refractivity contribution in [1.29, 1.82) is 0 Å². The molecule has 0 amide bonds. The van der Waals surface area contributed by atoms with Gasteiger partial charge in [-0.2, -0.15) is 0 Å². The molecule has 3 heterocycles. The van der Waals surface area contributed by atoms with E-state index in [4.69, 9.17) is 9.47 Å². The van der Waals surface area contributed by atoms with E-state index in [-0.39, 0.29) is 24.8 Å². The van der Waals surface area contributed by atoms with E-state index < -0.39 is 5.79 Å². The van der Waals surface area contributed by atoms with Crippen molar-refractivity contribution in [2.75, 3.05) is 13.1 Å². The fourth-order valence-corrected chi connectivity index (χ4v) is 3.97. The third-order valence-electron chi connectivity index (χ3n) is 5.51. The Hall–Kier alpha value is -1.85. The molecule has 0 saturated carbocycles. The Morgan fingerprint density at radius 2 is 1.71 bits per heavy atom. The molecule has 6 heteroatoms. The summed E-state index contributed by atoms with van der Waals surface area (Å²) in [6.07, 6.45) is 3.66. The van der Waals surface area contributed by atoms with Crippen LogP contribution in [0, 0.1) is 6.92 Å². The van der Waals surface area contributed by atoms with Crippen molar-refractivity contribution >= 4 is 35.6 Å². The van der Waals surface area contributed by atoms with E-state index in [1.165, 1.54) is 21.9 Å². The molecule has 0 unspecified atom stereocenters. The molecule has 1 N–H and O–H groups in total. The SMILES string of the molecule is Cc1nccc2cc(-c3ccc4c(c3)COC3(CCNCC3)O4)ccc12.Cl.Cl. The van der Waals surface area contributed by atoms with E-state index in [0.29, 0.717) is 6.61 Å². The second kappa shape index (κ2) is 8.26. The first-order valence-corrected chi connectivity index (χ1v) is 9.25. The Bertz CT molecular complexity index is 987. The number of fused-ring (bicyclic) bond motifs is 2. The van der Waals surface area contributed by atoms with Crippen molar-refractivity contribution in [3.63, 3.8) is 0 Å².